The van der Waals surface area contributed by atoms with Crippen LogP contribution in [0.15, 0.2) is 33.9 Å². The first kappa shape index (κ1) is 14.3. The van der Waals surface area contributed by atoms with Gasteiger partial charge in [0.25, 0.3) is 5.69 Å². The Balaban J connectivity index is 1.86. The first-order valence-electron chi connectivity index (χ1n) is 6.49. The standard InChI is InChI=1S/C14H13FN2O2S2/c1-8-6-13(10-4-5-20-14(10)21-8)16-12-3-2-9(17(18)19)7-11(12)15/h2-5,7-8,13,16H,6H2,1H3/t8-,13?/m0/s1. The largest absolute Gasteiger partial charge is 0.376 e. The van der Waals surface area contributed by atoms with E-state index in [-0.39, 0.29) is 11.7 Å². The fourth-order valence-corrected chi connectivity index (χ4v) is 4.98. The van der Waals surface area contributed by atoms with Crippen molar-refractivity contribution in [1.82, 2.24) is 0 Å². The lowest BCUT2D eigenvalue weighted by Crippen LogP contribution is -2.19. The molecule has 0 fully saturated rings. The van der Waals surface area contributed by atoms with Gasteiger partial charge in [-0.05, 0) is 29.5 Å². The molecule has 1 aromatic carbocycles. The third kappa shape index (κ3) is 2.89. The number of anilines is 1. The van der Waals surface area contributed by atoms with Crippen LogP contribution in [0.5, 0.6) is 0 Å². The van der Waals surface area contributed by atoms with Crippen LogP contribution in [0.25, 0.3) is 0 Å². The second-order valence-corrected chi connectivity index (χ2v) is 7.57. The molecule has 0 amide bonds. The third-order valence-electron chi connectivity index (χ3n) is 3.40. The lowest BCUT2D eigenvalue weighted by atomic mass is 10.0. The Labute approximate surface area is 129 Å². The monoisotopic (exact) mass is 324 g/mol. The zero-order chi connectivity index (χ0) is 15.0. The predicted octanol–water partition coefficient (Wildman–Crippen LogP) is 4.83. The number of halogens is 1. The Kier molecular flexibility index (Phi) is 3.86. The Morgan fingerprint density at radius 1 is 1.43 bits per heavy atom. The Morgan fingerprint density at radius 3 is 2.95 bits per heavy atom. The molecule has 2 atom stereocenters. The molecule has 1 aliphatic rings. The minimum absolute atomic E-state index is 0.0402. The smallest absolute Gasteiger partial charge is 0.272 e. The number of nitro groups is 1. The van der Waals surface area contributed by atoms with Gasteiger partial charge in [-0.1, -0.05) is 6.92 Å². The number of thioether (sulfide) groups is 1. The number of hydrogen-bond acceptors (Lipinski definition) is 5. The summed E-state index contributed by atoms with van der Waals surface area (Å²) in [6.45, 7) is 2.15. The third-order valence-corrected chi connectivity index (χ3v) is 5.75. The summed E-state index contributed by atoms with van der Waals surface area (Å²) in [5.41, 5.74) is 1.25. The molecular weight excluding hydrogens is 311 g/mol. The van der Waals surface area contributed by atoms with E-state index >= 15 is 0 Å². The van der Waals surface area contributed by atoms with E-state index in [1.54, 1.807) is 11.3 Å². The van der Waals surface area contributed by atoms with Gasteiger partial charge in [0.1, 0.15) is 0 Å². The van der Waals surface area contributed by atoms with Gasteiger partial charge in [0, 0.05) is 11.3 Å². The van der Waals surface area contributed by atoms with Crippen molar-refractivity contribution in [3.63, 3.8) is 0 Å². The number of nitrogens with zero attached hydrogens (tertiary/aromatic N) is 1. The van der Waals surface area contributed by atoms with Crippen LogP contribution < -0.4 is 5.32 Å². The Hall–Kier alpha value is -1.60. The van der Waals surface area contributed by atoms with Gasteiger partial charge in [-0.15, -0.1) is 23.1 Å². The molecule has 0 saturated carbocycles. The maximum atomic E-state index is 14.0. The topological polar surface area (TPSA) is 55.2 Å². The molecule has 2 aromatic rings. The van der Waals surface area contributed by atoms with Crippen molar-refractivity contribution in [2.75, 3.05) is 5.32 Å². The quantitative estimate of drug-likeness (QED) is 0.649. The summed E-state index contributed by atoms with van der Waals surface area (Å²) in [6.07, 6.45) is 0.894. The first-order valence-corrected chi connectivity index (χ1v) is 8.25. The molecular formula is C14H13FN2O2S2. The summed E-state index contributed by atoms with van der Waals surface area (Å²) in [5, 5.41) is 16.3. The van der Waals surface area contributed by atoms with Gasteiger partial charge in [-0.25, -0.2) is 4.39 Å². The van der Waals surface area contributed by atoms with Crippen LogP contribution in [0.4, 0.5) is 15.8 Å². The fourth-order valence-electron chi connectivity index (χ4n) is 2.41. The van der Waals surface area contributed by atoms with Gasteiger partial charge >= 0.3 is 0 Å². The van der Waals surface area contributed by atoms with Crippen LogP contribution in [0.1, 0.15) is 24.9 Å². The zero-order valence-electron chi connectivity index (χ0n) is 11.2. The number of nitrogens with one attached hydrogen (secondary N) is 1. The number of hydrogen-bond donors (Lipinski definition) is 1. The highest BCUT2D eigenvalue weighted by Crippen LogP contribution is 2.45. The molecule has 1 aromatic heterocycles. The van der Waals surface area contributed by atoms with Crippen LogP contribution in [0, 0.1) is 15.9 Å². The van der Waals surface area contributed by atoms with E-state index in [4.69, 9.17) is 0 Å². The molecule has 0 bridgehead atoms. The van der Waals surface area contributed by atoms with E-state index < -0.39 is 10.7 Å². The number of benzene rings is 1. The lowest BCUT2D eigenvalue weighted by molar-refractivity contribution is -0.385. The SMILES string of the molecule is C[C@H]1CC(Nc2ccc([N+](=O)[O-])cc2F)c2ccsc2S1. The Bertz CT molecular complexity index is 689. The summed E-state index contributed by atoms with van der Waals surface area (Å²) >= 11 is 3.53. The van der Waals surface area contributed by atoms with Gasteiger partial charge in [0.2, 0.25) is 0 Å². The normalized spacial score (nSPS) is 20.9. The molecule has 3 rings (SSSR count). The molecule has 0 saturated heterocycles. The molecule has 1 N–H and O–H groups in total. The van der Waals surface area contributed by atoms with E-state index in [2.05, 4.69) is 18.3 Å². The number of nitro benzene ring substituents is 1. The van der Waals surface area contributed by atoms with E-state index in [1.807, 2.05) is 17.1 Å². The van der Waals surface area contributed by atoms with Gasteiger partial charge in [0.05, 0.1) is 26.9 Å². The zero-order valence-corrected chi connectivity index (χ0v) is 12.8. The Morgan fingerprint density at radius 2 is 2.24 bits per heavy atom. The predicted molar refractivity (Wildman–Crippen MR) is 83.7 cm³/mol. The van der Waals surface area contributed by atoms with Crippen LogP contribution in [-0.2, 0) is 0 Å². The molecule has 4 nitrogen and oxygen atoms in total. The molecule has 0 radical (unpaired) electrons. The van der Waals surface area contributed by atoms with Crippen molar-refractivity contribution in [1.29, 1.82) is 0 Å². The molecule has 7 heteroatoms. The molecule has 0 spiro atoms. The minimum atomic E-state index is -0.594. The summed E-state index contributed by atoms with van der Waals surface area (Å²) in [6, 6.07) is 5.81. The second kappa shape index (κ2) is 5.65. The van der Waals surface area contributed by atoms with E-state index in [0.29, 0.717) is 10.9 Å². The maximum Gasteiger partial charge on any atom is 0.272 e. The molecule has 1 unspecified atom stereocenters. The van der Waals surface area contributed by atoms with Crippen molar-refractivity contribution in [2.24, 2.45) is 0 Å². The highest BCUT2D eigenvalue weighted by atomic mass is 32.2. The van der Waals surface area contributed by atoms with E-state index in [9.17, 15) is 14.5 Å². The average Bonchev–Trinajstić information content (AvgIpc) is 2.88. The average molecular weight is 324 g/mol. The van der Waals surface area contributed by atoms with Gasteiger partial charge in [-0.2, -0.15) is 0 Å². The first-order chi connectivity index (χ1) is 10.0. The molecule has 21 heavy (non-hydrogen) atoms. The van der Waals surface area contributed by atoms with E-state index in [1.165, 1.54) is 21.9 Å². The van der Waals surface area contributed by atoms with Crippen molar-refractivity contribution in [3.8, 4) is 0 Å². The van der Waals surface area contributed by atoms with Crippen molar-refractivity contribution in [2.45, 2.75) is 28.8 Å². The number of thiophene rings is 1. The van der Waals surface area contributed by atoms with Crippen LogP contribution in [-0.4, -0.2) is 10.2 Å². The molecule has 110 valence electrons. The van der Waals surface area contributed by atoms with Gasteiger partial charge in [-0.3, -0.25) is 10.1 Å². The van der Waals surface area contributed by atoms with Crippen LogP contribution in [0.2, 0.25) is 0 Å². The maximum absolute atomic E-state index is 14.0. The highest BCUT2D eigenvalue weighted by molar-refractivity contribution is 8.01. The summed E-state index contributed by atoms with van der Waals surface area (Å²) in [4.78, 5) is 10.0. The van der Waals surface area contributed by atoms with Crippen molar-refractivity contribution >= 4 is 34.5 Å². The lowest BCUT2D eigenvalue weighted by Gasteiger charge is -2.28. The summed E-state index contributed by atoms with van der Waals surface area (Å²) < 4.78 is 15.3. The highest BCUT2D eigenvalue weighted by Gasteiger charge is 2.27. The number of non-ortho nitro benzene ring substituents is 1. The van der Waals surface area contributed by atoms with Crippen LogP contribution in [0.3, 0.4) is 0 Å². The molecule has 2 heterocycles. The van der Waals surface area contributed by atoms with Crippen molar-refractivity contribution in [3.05, 3.63) is 51.1 Å². The van der Waals surface area contributed by atoms with Gasteiger partial charge < -0.3 is 5.32 Å². The van der Waals surface area contributed by atoms with E-state index in [0.717, 1.165) is 12.5 Å². The van der Waals surface area contributed by atoms with Crippen molar-refractivity contribution < 1.29 is 9.31 Å². The summed E-state index contributed by atoms with van der Waals surface area (Å²) in [5.74, 6) is -0.591. The summed E-state index contributed by atoms with van der Waals surface area (Å²) in [7, 11) is 0. The number of rotatable bonds is 3. The number of fused-ring (bicyclic) bond motifs is 1. The molecule has 1 aliphatic heterocycles. The van der Waals surface area contributed by atoms with Gasteiger partial charge in [0.15, 0.2) is 5.82 Å². The van der Waals surface area contributed by atoms with Crippen LogP contribution >= 0.6 is 23.1 Å². The fraction of sp³-hybridized carbons (Fsp3) is 0.286. The molecule has 0 aliphatic carbocycles. The minimum Gasteiger partial charge on any atom is -0.376 e. The second-order valence-electron chi connectivity index (χ2n) is 4.95.